The molecule has 2 aliphatic rings. The molecule has 10 nitrogen and oxygen atoms in total. The van der Waals surface area contributed by atoms with Crippen molar-refractivity contribution >= 4 is 30.0 Å². The van der Waals surface area contributed by atoms with Crippen LogP contribution in [0, 0.1) is 0 Å². The first-order valence-electron chi connectivity index (χ1n) is 11.5. The summed E-state index contributed by atoms with van der Waals surface area (Å²) in [6.07, 6.45) is 5.42. The molecule has 2 saturated heterocycles. The van der Waals surface area contributed by atoms with Crippen molar-refractivity contribution in [2.75, 3.05) is 57.9 Å². The minimum Gasteiger partial charge on any atom is -0.378 e. The molecule has 0 unspecified atom stereocenters. The highest BCUT2D eigenvalue weighted by Crippen LogP contribution is 2.31. The molecule has 2 aromatic heterocycles. The van der Waals surface area contributed by atoms with Crippen LogP contribution in [0.2, 0.25) is 0 Å². The number of morpholine rings is 1. The zero-order valence-electron chi connectivity index (χ0n) is 19.7. The zero-order chi connectivity index (χ0) is 24.1. The van der Waals surface area contributed by atoms with Gasteiger partial charge in [0.25, 0.3) is 0 Å². The maximum Gasteiger partial charge on any atom is 0.231 e. The standard InChI is InChI=1S/C24H32N8O2/c1-17(30(3)19-6-8-31(9-7-19)16-22(25)33)23-21(26-2)5-4-20(29-23)18-14-27-24(28-15-18)32-10-12-34-13-11-32/h4-5,14-15,19H,1-2,6-13,16H2,3H3,(H2,25,33). The maximum absolute atomic E-state index is 11.2. The Hall–Kier alpha value is -3.37. The lowest BCUT2D eigenvalue weighted by Crippen LogP contribution is -2.45. The first kappa shape index (κ1) is 23.8. The third-order valence-corrected chi connectivity index (χ3v) is 6.46. The minimum atomic E-state index is -0.291. The molecule has 0 aliphatic carbocycles. The number of anilines is 1. The average Bonchev–Trinajstić information content (AvgIpc) is 2.88. The summed E-state index contributed by atoms with van der Waals surface area (Å²) in [5, 5.41) is 0. The van der Waals surface area contributed by atoms with Crippen LogP contribution in [0.15, 0.2) is 36.1 Å². The largest absolute Gasteiger partial charge is 0.378 e. The SMILES string of the molecule is C=Nc1ccc(-c2cnc(N3CCOCC3)nc2)nc1C(=C)N(C)C1CCN(CC(N)=O)CC1. The Morgan fingerprint density at radius 2 is 1.88 bits per heavy atom. The number of hydrogen-bond acceptors (Lipinski definition) is 9. The zero-order valence-corrected chi connectivity index (χ0v) is 19.7. The second kappa shape index (κ2) is 10.7. The molecule has 0 saturated carbocycles. The Labute approximate surface area is 200 Å². The van der Waals surface area contributed by atoms with Gasteiger partial charge in [0.05, 0.1) is 36.8 Å². The molecule has 2 aromatic rings. The number of nitrogens with two attached hydrogens (primary N) is 1. The van der Waals surface area contributed by atoms with Crippen molar-refractivity contribution in [3.63, 3.8) is 0 Å². The van der Waals surface area contributed by atoms with Gasteiger partial charge in [0.15, 0.2) is 0 Å². The number of likely N-dealkylation sites (tertiary alicyclic amines) is 1. The van der Waals surface area contributed by atoms with Gasteiger partial charge in [-0.1, -0.05) is 6.58 Å². The van der Waals surface area contributed by atoms with Gasteiger partial charge in [-0.15, -0.1) is 0 Å². The van der Waals surface area contributed by atoms with E-state index in [1.54, 1.807) is 12.4 Å². The van der Waals surface area contributed by atoms with Crippen LogP contribution in [0.4, 0.5) is 11.6 Å². The van der Waals surface area contributed by atoms with Crippen molar-refractivity contribution in [1.82, 2.24) is 24.8 Å². The summed E-state index contributed by atoms with van der Waals surface area (Å²) in [6.45, 7) is 12.9. The van der Waals surface area contributed by atoms with Crippen LogP contribution in [0.3, 0.4) is 0 Å². The van der Waals surface area contributed by atoms with Gasteiger partial charge in [-0.2, -0.15) is 0 Å². The molecule has 0 bridgehead atoms. The molecule has 180 valence electrons. The van der Waals surface area contributed by atoms with Crippen molar-refractivity contribution in [2.45, 2.75) is 18.9 Å². The van der Waals surface area contributed by atoms with E-state index in [1.807, 2.05) is 19.2 Å². The smallest absolute Gasteiger partial charge is 0.231 e. The number of piperidine rings is 1. The van der Waals surface area contributed by atoms with Crippen LogP contribution in [-0.2, 0) is 9.53 Å². The summed E-state index contributed by atoms with van der Waals surface area (Å²) in [5.74, 6) is 0.407. The molecule has 0 spiro atoms. The van der Waals surface area contributed by atoms with Crippen LogP contribution in [0.5, 0.6) is 0 Å². The van der Waals surface area contributed by atoms with Gasteiger partial charge in [0.2, 0.25) is 11.9 Å². The summed E-state index contributed by atoms with van der Waals surface area (Å²) >= 11 is 0. The number of aliphatic imine (C=N–C) groups is 1. The number of pyridine rings is 1. The quantitative estimate of drug-likeness (QED) is 0.586. The molecule has 4 rings (SSSR count). The number of primary amides is 1. The van der Waals surface area contributed by atoms with E-state index in [9.17, 15) is 4.79 Å². The number of hydrogen-bond donors (Lipinski definition) is 1. The molecule has 4 heterocycles. The minimum absolute atomic E-state index is 0.288. The molecule has 0 atom stereocenters. The van der Waals surface area contributed by atoms with E-state index in [0.29, 0.717) is 37.1 Å². The molecule has 1 amide bonds. The predicted octanol–water partition coefficient (Wildman–Crippen LogP) is 1.56. The molecule has 2 fully saturated rings. The highest BCUT2D eigenvalue weighted by Gasteiger charge is 2.25. The van der Waals surface area contributed by atoms with Crippen LogP contribution in [0.25, 0.3) is 17.0 Å². The van der Waals surface area contributed by atoms with E-state index in [0.717, 1.165) is 56.0 Å². The third-order valence-electron chi connectivity index (χ3n) is 6.46. The van der Waals surface area contributed by atoms with E-state index >= 15 is 0 Å². The van der Waals surface area contributed by atoms with Crippen LogP contribution < -0.4 is 10.6 Å². The maximum atomic E-state index is 11.2. The highest BCUT2D eigenvalue weighted by atomic mass is 16.5. The molecule has 34 heavy (non-hydrogen) atoms. The highest BCUT2D eigenvalue weighted by molar-refractivity contribution is 5.76. The van der Waals surface area contributed by atoms with E-state index in [-0.39, 0.29) is 11.9 Å². The number of nitrogens with zero attached hydrogens (tertiary/aromatic N) is 7. The van der Waals surface area contributed by atoms with Crippen molar-refractivity contribution in [2.24, 2.45) is 10.7 Å². The summed E-state index contributed by atoms with van der Waals surface area (Å²) in [6, 6.07) is 4.08. The van der Waals surface area contributed by atoms with E-state index < -0.39 is 0 Å². The Bertz CT molecular complexity index is 1030. The van der Waals surface area contributed by atoms with Gasteiger partial charge in [-0.3, -0.25) is 14.7 Å². The Balaban J connectivity index is 1.49. The van der Waals surface area contributed by atoms with Gasteiger partial charge in [-0.25, -0.2) is 15.0 Å². The summed E-state index contributed by atoms with van der Waals surface area (Å²) < 4.78 is 5.40. The van der Waals surface area contributed by atoms with Gasteiger partial charge in [0.1, 0.15) is 5.69 Å². The number of carbonyl (C=O) groups is 1. The van der Waals surface area contributed by atoms with Crippen LogP contribution >= 0.6 is 0 Å². The van der Waals surface area contributed by atoms with Crippen molar-refractivity contribution in [1.29, 1.82) is 0 Å². The molecule has 2 aliphatic heterocycles. The summed E-state index contributed by atoms with van der Waals surface area (Å²) in [5.41, 5.74) is 9.06. The molecule has 2 N–H and O–H groups in total. The predicted molar refractivity (Wildman–Crippen MR) is 133 cm³/mol. The first-order chi connectivity index (χ1) is 16.5. The second-order valence-electron chi connectivity index (χ2n) is 8.62. The normalized spacial score (nSPS) is 17.4. The van der Waals surface area contributed by atoms with Gasteiger partial charge in [-0.05, 0) is 31.7 Å². The molecular weight excluding hydrogens is 432 g/mol. The molecular formula is C24H32N8O2. The lowest BCUT2D eigenvalue weighted by Gasteiger charge is -2.38. The van der Waals surface area contributed by atoms with Gasteiger partial charge in [0, 0.05) is 57.2 Å². The number of amides is 1. The van der Waals surface area contributed by atoms with Crippen molar-refractivity contribution in [3.8, 4) is 11.3 Å². The lowest BCUT2D eigenvalue weighted by molar-refractivity contribution is -0.119. The fraction of sp³-hybridized carbons (Fsp3) is 0.458. The van der Waals surface area contributed by atoms with Gasteiger partial charge >= 0.3 is 0 Å². The monoisotopic (exact) mass is 464 g/mol. The number of ether oxygens (including phenoxy) is 1. The van der Waals surface area contributed by atoms with Crippen molar-refractivity contribution < 1.29 is 9.53 Å². The van der Waals surface area contributed by atoms with E-state index in [4.69, 9.17) is 15.5 Å². The molecule has 10 heteroatoms. The number of rotatable bonds is 8. The Morgan fingerprint density at radius 1 is 1.21 bits per heavy atom. The summed E-state index contributed by atoms with van der Waals surface area (Å²) in [4.78, 5) is 35.7. The van der Waals surface area contributed by atoms with Crippen molar-refractivity contribution in [3.05, 3.63) is 36.8 Å². The van der Waals surface area contributed by atoms with Gasteiger partial charge < -0.3 is 20.3 Å². The van der Waals surface area contributed by atoms with E-state index in [1.165, 1.54) is 0 Å². The number of carbonyl (C=O) groups excluding carboxylic acids is 1. The topological polar surface area (TPSA) is 113 Å². The van der Waals surface area contributed by atoms with Crippen LogP contribution in [0.1, 0.15) is 18.5 Å². The summed E-state index contributed by atoms with van der Waals surface area (Å²) in [7, 11) is 2.03. The fourth-order valence-corrected chi connectivity index (χ4v) is 4.41. The average molecular weight is 465 g/mol. The first-order valence-corrected chi connectivity index (χ1v) is 11.5. The lowest BCUT2D eigenvalue weighted by atomic mass is 10.0. The Morgan fingerprint density at radius 3 is 2.50 bits per heavy atom. The third kappa shape index (κ3) is 5.40. The molecule has 0 aromatic carbocycles. The molecule has 0 radical (unpaired) electrons. The fourth-order valence-electron chi connectivity index (χ4n) is 4.41. The second-order valence-corrected chi connectivity index (χ2v) is 8.62. The number of aromatic nitrogens is 3. The Kier molecular flexibility index (Phi) is 7.49. The van der Waals surface area contributed by atoms with E-state index in [2.05, 4.69) is 43.0 Å². The van der Waals surface area contributed by atoms with Crippen LogP contribution in [-0.4, -0.2) is 96.4 Å².